The van der Waals surface area contributed by atoms with Crippen LogP contribution < -0.4 is 10.6 Å². The average molecular weight is 316 g/mol. The van der Waals surface area contributed by atoms with Crippen LogP contribution in [0, 0.1) is 12.7 Å². The quantitative estimate of drug-likeness (QED) is 0.820. The van der Waals surface area contributed by atoms with Crippen LogP contribution in [-0.4, -0.2) is 51.6 Å². The van der Waals surface area contributed by atoms with E-state index in [4.69, 9.17) is 5.73 Å². The maximum absolute atomic E-state index is 13.8. The lowest BCUT2D eigenvalue weighted by Gasteiger charge is -2.32. The van der Waals surface area contributed by atoms with E-state index in [1.54, 1.807) is 5.01 Å². The van der Waals surface area contributed by atoms with E-state index in [1.165, 1.54) is 19.1 Å². The van der Waals surface area contributed by atoms with Crippen molar-refractivity contribution in [2.45, 2.75) is 18.4 Å². The maximum Gasteiger partial charge on any atom is 0.253 e. The molecule has 21 heavy (non-hydrogen) atoms. The van der Waals surface area contributed by atoms with Crippen molar-refractivity contribution in [1.29, 1.82) is 0 Å². The molecule has 2 rings (SSSR count). The van der Waals surface area contributed by atoms with E-state index in [1.807, 2.05) is 7.05 Å². The van der Waals surface area contributed by atoms with E-state index in [0.29, 0.717) is 18.7 Å². The molecule has 118 valence electrons. The first kappa shape index (κ1) is 16.3. The van der Waals surface area contributed by atoms with Crippen LogP contribution in [0.2, 0.25) is 0 Å². The number of piperazine rings is 1. The number of sulfonamides is 1. The Morgan fingerprint density at radius 2 is 1.90 bits per heavy atom. The molecule has 1 fully saturated rings. The van der Waals surface area contributed by atoms with E-state index in [2.05, 4.69) is 9.73 Å². The van der Waals surface area contributed by atoms with Crippen LogP contribution in [0.15, 0.2) is 17.0 Å². The smallest absolute Gasteiger partial charge is 0.253 e. The van der Waals surface area contributed by atoms with Gasteiger partial charge in [0.2, 0.25) is 0 Å². The summed E-state index contributed by atoms with van der Waals surface area (Å²) in [6.45, 7) is 4.28. The topological polar surface area (TPSA) is 78.7 Å². The fraction of sp³-hybridized carbons (Fsp3) is 0.538. The van der Waals surface area contributed by atoms with E-state index in [9.17, 15) is 12.8 Å². The highest BCUT2D eigenvalue weighted by atomic mass is 32.2. The molecule has 6 nitrogen and oxygen atoms in total. The lowest BCUT2D eigenvalue weighted by molar-refractivity contribution is 0.135. The molecule has 0 spiro atoms. The molecule has 0 radical (unpaired) electrons. The van der Waals surface area contributed by atoms with E-state index < -0.39 is 15.8 Å². The number of hydrogen-bond donors (Lipinski definition) is 2. The summed E-state index contributed by atoms with van der Waals surface area (Å²) in [4.78, 5) is 4.58. The molecule has 1 aromatic rings. The fourth-order valence-electron chi connectivity index (χ4n) is 2.22. The molecule has 8 heteroatoms. The minimum atomic E-state index is -3.80. The van der Waals surface area contributed by atoms with Gasteiger partial charge in [0.1, 0.15) is 5.82 Å². The number of nitrogens with one attached hydrogen (secondary N) is 1. The van der Waals surface area contributed by atoms with Gasteiger partial charge in [-0.25, -0.2) is 17.8 Å². The predicted octanol–water partition coefficient (Wildman–Crippen LogP) is 0.0335. The van der Waals surface area contributed by atoms with Crippen molar-refractivity contribution in [2.24, 2.45) is 5.73 Å². The van der Waals surface area contributed by atoms with Crippen molar-refractivity contribution < 1.29 is 12.8 Å². The van der Waals surface area contributed by atoms with Gasteiger partial charge in [-0.15, -0.1) is 4.83 Å². The zero-order valence-electron chi connectivity index (χ0n) is 12.3. The summed E-state index contributed by atoms with van der Waals surface area (Å²) in [5.74, 6) is -0.559. The number of benzene rings is 1. The fourth-order valence-corrected chi connectivity index (χ4v) is 3.65. The lowest BCUT2D eigenvalue weighted by Crippen LogP contribution is -2.52. The van der Waals surface area contributed by atoms with Gasteiger partial charge in [-0.2, -0.15) is 0 Å². The second kappa shape index (κ2) is 6.37. The largest absolute Gasteiger partial charge is 0.326 e. The molecule has 1 heterocycles. The van der Waals surface area contributed by atoms with Crippen molar-refractivity contribution in [1.82, 2.24) is 14.7 Å². The Bertz CT molecular complexity index is 613. The van der Waals surface area contributed by atoms with Gasteiger partial charge in [-0.05, 0) is 31.7 Å². The molecule has 0 saturated carbocycles. The van der Waals surface area contributed by atoms with Gasteiger partial charge in [0.15, 0.2) is 0 Å². The van der Waals surface area contributed by atoms with Crippen molar-refractivity contribution in [3.05, 3.63) is 29.1 Å². The van der Waals surface area contributed by atoms with Gasteiger partial charge in [0, 0.05) is 38.3 Å². The molecule has 1 aromatic carbocycles. The van der Waals surface area contributed by atoms with Crippen molar-refractivity contribution in [3.63, 3.8) is 0 Å². The summed E-state index contributed by atoms with van der Waals surface area (Å²) in [5.41, 5.74) is 6.04. The van der Waals surface area contributed by atoms with Gasteiger partial charge in [-0.1, -0.05) is 0 Å². The first-order valence-electron chi connectivity index (χ1n) is 6.78. The zero-order valence-corrected chi connectivity index (χ0v) is 13.1. The number of likely N-dealkylation sites (N-methyl/N-ethyl adjacent to an activating group) is 1. The highest BCUT2D eigenvalue weighted by molar-refractivity contribution is 7.89. The first-order chi connectivity index (χ1) is 9.83. The third kappa shape index (κ3) is 3.78. The van der Waals surface area contributed by atoms with Crippen LogP contribution >= 0.6 is 0 Å². The Hall–Kier alpha value is -1.06. The summed E-state index contributed by atoms with van der Waals surface area (Å²) < 4.78 is 38.7. The Labute approximate surface area is 124 Å². The van der Waals surface area contributed by atoms with Crippen LogP contribution in [0.25, 0.3) is 0 Å². The second-order valence-corrected chi connectivity index (χ2v) is 6.92. The van der Waals surface area contributed by atoms with Gasteiger partial charge >= 0.3 is 0 Å². The van der Waals surface area contributed by atoms with E-state index >= 15 is 0 Å². The third-order valence-corrected chi connectivity index (χ3v) is 5.14. The summed E-state index contributed by atoms with van der Waals surface area (Å²) >= 11 is 0. The summed E-state index contributed by atoms with van der Waals surface area (Å²) in [6, 6.07) is 2.70. The number of nitrogens with zero attached hydrogens (tertiary/aromatic N) is 2. The van der Waals surface area contributed by atoms with Crippen molar-refractivity contribution >= 4 is 10.0 Å². The molecule has 0 aliphatic carbocycles. The van der Waals surface area contributed by atoms with Crippen LogP contribution in [0.1, 0.15) is 11.1 Å². The Kier molecular flexibility index (Phi) is 4.95. The first-order valence-corrected chi connectivity index (χ1v) is 8.27. The molecule has 0 amide bonds. The van der Waals surface area contributed by atoms with Crippen molar-refractivity contribution in [2.75, 3.05) is 33.2 Å². The highest BCUT2D eigenvalue weighted by Crippen LogP contribution is 2.20. The molecule has 0 aromatic heterocycles. The highest BCUT2D eigenvalue weighted by Gasteiger charge is 2.24. The number of nitrogens with two attached hydrogens (primary N) is 1. The lowest BCUT2D eigenvalue weighted by atomic mass is 10.1. The molecular formula is C13H21FN4O2S. The number of halogens is 1. The Balaban J connectivity index is 2.25. The minimum Gasteiger partial charge on any atom is -0.326 e. The van der Waals surface area contributed by atoms with Crippen LogP contribution in [0.5, 0.6) is 0 Å². The van der Waals surface area contributed by atoms with Gasteiger partial charge in [0.05, 0.1) is 4.90 Å². The molecule has 0 unspecified atom stereocenters. The van der Waals surface area contributed by atoms with Gasteiger partial charge in [0.25, 0.3) is 10.0 Å². The van der Waals surface area contributed by atoms with Crippen LogP contribution in [0.3, 0.4) is 0 Å². The molecular weight excluding hydrogens is 295 g/mol. The van der Waals surface area contributed by atoms with E-state index in [0.717, 1.165) is 13.1 Å². The Morgan fingerprint density at radius 1 is 1.29 bits per heavy atom. The van der Waals surface area contributed by atoms with Crippen molar-refractivity contribution in [3.8, 4) is 0 Å². The van der Waals surface area contributed by atoms with Gasteiger partial charge < -0.3 is 10.6 Å². The molecule has 1 aliphatic heterocycles. The zero-order chi connectivity index (χ0) is 15.6. The number of hydrazine groups is 1. The van der Waals surface area contributed by atoms with Crippen LogP contribution in [0.4, 0.5) is 4.39 Å². The summed E-state index contributed by atoms with van der Waals surface area (Å²) in [6.07, 6.45) is 0. The summed E-state index contributed by atoms with van der Waals surface area (Å²) in [7, 11) is -1.82. The molecule has 3 N–H and O–H groups in total. The Morgan fingerprint density at radius 3 is 2.48 bits per heavy atom. The standard InChI is InChI=1S/C13H21FN4O2S/c1-10-12(14)7-11(9-15)8-13(10)21(19,20)16-18-5-3-17(2)4-6-18/h7-8,16H,3-6,9,15H2,1-2H3. The second-order valence-electron chi connectivity index (χ2n) is 5.29. The SMILES string of the molecule is Cc1c(F)cc(CN)cc1S(=O)(=O)NN1CCN(C)CC1. The maximum atomic E-state index is 13.8. The molecule has 0 atom stereocenters. The van der Waals surface area contributed by atoms with Gasteiger partial charge in [-0.3, -0.25) is 0 Å². The molecule has 0 bridgehead atoms. The predicted molar refractivity (Wildman–Crippen MR) is 78.4 cm³/mol. The van der Waals surface area contributed by atoms with Crippen LogP contribution in [-0.2, 0) is 16.6 Å². The normalized spacial score (nSPS) is 18.1. The molecule has 1 saturated heterocycles. The third-order valence-electron chi connectivity index (χ3n) is 3.63. The summed E-state index contributed by atoms with van der Waals surface area (Å²) in [5, 5.41) is 1.64. The molecule has 1 aliphatic rings. The number of hydrogen-bond acceptors (Lipinski definition) is 5. The number of rotatable bonds is 4. The van der Waals surface area contributed by atoms with E-state index in [-0.39, 0.29) is 17.0 Å². The monoisotopic (exact) mass is 316 g/mol. The average Bonchev–Trinajstić information content (AvgIpc) is 2.43. The minimum absolute atomic E-state index is 0.0538.